The van der Waals surface area contributed by atoms with Gasteiger partial charge in [0.1, 0.15) is 11.5 Å². The molecule has 0 radical (unpaired) electrons. The van der Waals surface area contributed by atoms with E-state index in [2.05, 4.69) is 21.2 Å². The quantitative estimate of drug-likeness (QED) is 0.740. The van der Waals surface area contributed by atoms with Gasteiger partial charge in [0, 0.05) is 10.2 Å². The number of rotatable bonds is 5. The van der Waals surface area contributed by atoms with E-state index in [0.717, 1.165) is 15.6 Å². The van der Waals surface area contributed by atoms with Crippen LogP contribution in [0.4, 0.5) is 5.69 Å². The highest BCUT2D eigenvalue weighted by molar-refractivity contribution is 9.10. The molecule has 1 N–H and O–H groups in total. The van der Waals surface area contributed by atoms with E-state index in [1.54, 1.807) is 25.1 Å². The van der Waals surface area contributed by atoms with Gasteiger partial charge in [-0.3, -0.25) is 4.79 Å². The first-order chi connectivity index (χ1) is 11.3. The molecule has 0 aromatic heterocycles. The van der Waals surface area contributed by atoms with Crippen LogP contribution in [0.25, 0.3) is 0 Å². The fourth-order valence-electron chi connectivity index (χ4n) is 2.30. The number of nitrogens with one attached hydrogen (secondary N) is 1. The van der Waals surface area contributed by atoms with Crippen molar-refractivity contribution in [2.75, 3.05) is 12.4 Å². The van der Waals surface area contributed by atoms with Crippen LogP contribution in [0.2, 0.25) is 5.02 Å². The normalized spacial score (nSPS) is 11.8. The second kappa shape index (κ2) is 7.90. The predicted octanol–water partition coefficient (Wildman–Crippen LogP) is 5.13. The Morgan fingerprint density at radius 1 is 1.21 bits per heavy atom. The van der Waals surface area contributed by atoms with Crippen LogP contribution in [0.1, 0.15) is 18.1 Å². The Morgan fingerprint density at radius 3 is 2.38 bits per heavy atom. The van der Waals surface area contributed by atoms with E-state index in [-0.39, 0.29) is 5.91 Å². The highest BCUT2D eigenvalue weighted by Crippen LogP contribution is 2.29. The van der Waals surface area contributed by atoms with E-state index in [9.17, 15) is 4.79 Å². The molecule has 0 spiro atoms. The first-order valence-corrected chi connectivity index (χ1v) is 8.56. The molecule has 0 fully saturated rings. The van der Waals surface area contributed by atoms with Crippen molar-refractivity contribution in [3.05, 3.63) is 51.0 Å². The maximum absolute atomic E-state index is 12.4. The zero-order chi connectivity index (χ0) is 17.9. The van der Waals surface area contributed by atoms with Crippen molar-refractivity contribution in [3.8, 4) is 11.5 Å². The summed E-state index contributed by atoms with van der Waals surface area (Å²) in [7, 11) is 1.54. The van der Waals surface area contributed by atoms with E-state index in [1.165, 1.54) is 7.11 Å². The van der Waals surface area contributed by atoms with E-state index >= 15 is 0 Å². The van der Waals surface area contributed by atoms with Crippen molar-refractivity contribution < 1.29 is 14.3 Å². The average molecular weight is 413 g/mol. The molecule has 0 heterocycles. The number of carbonyl (C=O) groups excluding carboxylic acids is 1. The van der Waals surface area contributed by atoms with Gasteiger partial charge < -0.3 is 14.8 Å². The monoisotopic (exact) mass is 411 g/mol. The van der Waals surface area contributed by atoms with Gasteiger partial charge in [0.15, 0.2) is 6.10 Å². The number of amides is 1. The first kappa shape index (κ1) is 18.6. The number of ether oxygens (including phenoxy) is 2. The number of carbonyl (C=O) groups is 1. The van der Waals surface area contributed by atoms with Gasteiger partial charge in [0.2, 0.25) is 0 Å². The van der Waals surface area contributed by atoms with Gasteiger partial charge in [-0.05, 0) is 62.2 Å². The molecule has 2 aromatic carbocycles. The van der Waals surface area contributed by atoms with Crippen molar-refractivity contribution in [2.24, 2.45) is 0 Å². The average Bonchev–Trinajstić information content (AvgIpc) is 2.50. The number of halogens is 2. The van der Waals surface area contributed by atoms with Crippen LogP contribution >= 0.6 is 27.5 Å². The highest BCUT2D eigenvalue weighted by Gasteiger charge is 2.18. The maximum Gasteiger partial charge on any atom is 0.265 e. The van der Waals surface area contributed by atoms with E-state index in [1.807, 2.05) is 26.0 Å². The lowest BCUT2D eigenvalue weighted by Crippen LogP contribution is -2.30. The van der Waals surface area contributed by atoms with Crippen LogP contribution in [-0.2, 0) is 4.79 Å². The summed E-state index contributed by atoms with van der Waals surface area (Å²) >= 11 is 9.51. The van der Waals surface area contributed by atoms with Gasteiger partial charge in [-0.1, -0.05) is 27.5 Å². The van der Waals surface area contributed by atoms with Crippen molar-refractivity contribution in [3.63, 3.8) is 0 Å². The number of benzene rings is 2. The molecule has 2 aromatic rings. The molecule has 0 aliphatic carbocycles. The van der Waals surface area contributed by atoms with Crippen molar-refractivity contribution in [1.82, 2.24) is 0 Å². The summed E-state index contributed by atoms with van der Waals surface area (Å²) < 4.78 is 11.9. The van der Waals surface area contributed by atoms with Crippen LogP contribution in [0.5, 0.6) is 11.5 Å². The minimum Gasteiger partial charge on any atom is -0.495 e. The summed E-state index contributed by atoms with van der Waals surface area (Å²) in [6, 6.07) is 8.98. The Labute approximate surface area is 155 Å². The molecule has 128 valence electrons. The van der Waals surface area contributed by atoms with Crippen LogP contribution < -0.4 is 14.8 Å². The van der Waals surface area contributed by atoms with Gasteiger partial charge in [-0.2, -0.15) is 0 Å². The highest BCUT2D eigenvalue weighted by atomic mass is 79.9. The molecule has 0 bridgehead atoms. The second-order valence-electron chi connectivity index (χ2n) is 5.47. The number of aryl methyl sites for hydroxylation is 2. The Bertz CT molecular complexity index is 741. The summed E-state index contributed by atoms with van der Waals surface area (Å²) in [4.78, 5) is 12.4. The molecular formula is C18H19BrClNO3. The van der Waals surface area contributed by atoms with Crippen molar-refractivity contribution in [1.29, 1.82) is 0 Å². The Morgan fingerprint density at radius 2 is 1.83 bits per heavy atom. The standard InChI is InChI=1S/C18H19BrClNO3/c1-10-7-13(19)8-11(2)17(10)24-12(3)18(22)21-14-5-6-16(23-4)15(20)9-14/h5-9,12H,1-4H3,(H,21,22). The minimum absolute atomic E-state index is 0.252. The van der Waals surface area contributed by atoms with Crippen LogP contribution in [0, 0.1) is 13.8 Å². The first-order valence-electron chi connectivity index (χ1n) is 7.39. The van der Waals surface area contributed by atoms with Crippen LogP contribution in [0.3, 0.4) is 0 Å². The summed E-state index contributed by atoms with van der Waals surface area (Å²) in [6.07, 6.45) is -0.649. The molecule has 0 aliphatic heterocycles. The third-order valence-electron chi connectivity index (χ3n) is 3.51. The van der Waals surface area contributed by atoms with Gasteiger partial charge in [0.05, 0.1) is 12.1 Å². The smallest absolute Gasteiger partial charge is 0.265 e. The third-order valence-corrected chi connectivity index (χ3v) is 4.26. The predicted molar refractivity (Wildman–Crippen MR) is 100 cm³/mol. The van der Waals surface area contributed by atoms with Gasteiger partial charge in [0.25, 0.3) is 5.91 Å². The Kier molecular flexibility index (Phi) is 6.13. The Hall–Kier alpha value is -1.72. The SMILES string of the molecule is COc1ccc(NC(=O)C(C)Oc2c(C)cc(Br)cc2C)cc1Cl. The molecule has 1 unspecified atom stereocenters. The molecule has 0 saturated heterocycles. The van der Waals surface area contributed by atoms with Crippen molar-refractivity contribution in [2.45, 2.75) is 26.9 Å². The number of anilines is 1. The lowest BCUT2D eigenvalue weighted by Gasteiger charge is -2.18. The number of hydrogen-bond acceptors (Lipinski definition) is 3. The van der Waals surface area contributed by atoms with E-state index in [4.69, 9.17) is 21.1 Å². The third kappa shape index (κ3) is 4.42. The molecule has 0 saturated carbocycles. The zero-order valence-electron chi connectivity index (χ0n) is 13.9. The lowest BCUT2D eigenvalue weighted by atomic mass is 10.1. The fraction of sp³-hybridized carbons (Fsp3) is 0.278. The summed E-state index contributed by atoms with van der Waals surface area (Å²) in [5.41, 5.74) is 2.52. The molecular weight excluding hydrogens is 394 g/mol. The van der Waals surface area contributed by atoms with Gasteiger partial charge in [-0.25, -0.2) is 0 Å². The largest absolute Gasteiger partial charge is 0.495 e. The lowest BCUT2D eigenvalue weighted by molar-refractivity contribution is -0.122. The molecule has 1 amide bonds. The topological polar surface area (TPSA) is 47.6 Å². The molecule has 1 atom stereocenters. The van der Waals surface area contributed by atoms with Gasteiger partial charge in [-0.15, -0.1) is 0 Å². The van der Waals surface area contributed by atoms with E-state index in [0.29, 0.717) is 22.2 Å². The second-order valence-corrected chi connectivity index (χ2v) is 6.79. The van der Waals surface area contributed by atoms with Gasteiger partial charge >= 0.3 is 0 Å². The summed E-state index contributed by atoms with van der Waals surface area (Å²) in [5, 5.41) is 3.22. The minimum atomic E-state index is -0.649. The molecule has 24 heavy (non-hydrogen) atoms. The zero-order valence-corrected chi connectivity index (χ0v) is 16.3. The van der Waals surface area contributed by atoms with Crippen molar-refractivity contribution >= 4 is 39.1 Å². The van der Waals surface area contributed by atoms with E-state index < -0.39 is 6.10 Å². The summed E-state index contributed by atoms with van der Waals surface area (Å²) in [6.45, 7) is 5.60. The summed E-state index contributed by atoms with van der Waals surface area (Å²) in [5.74, 6) is 1.02. The molecule has 0 aliphatic rings. The number of hydrogen-bond donors (Lipinski definition) is 1. The fourth-order valence-corrected chi connectivity index (χ4v) is 3.25. The molecule has 2 rings (SSSR count). The van der Waals surface area contributed by atoms with Crippen LogP contribution in [0.15, 0.2) is 34.8 Å². The molecule has 4 nitrogen and oxygen atoms in total. The molecule has 6 heteroatoms. The number of methoxy groups -OCH3 is 1. The van der Waals surface area contributed by atoms with Crippen LogP contribution in [-0.4, -0.2) is 19.1 Å². The maximum atomic E-state index is 12.4. The Balaban J connectivity index is 2.09.